The number of carbonyl (C=O) groups is 1. The fourth-order valence-electron chi connectivity index (χ4n) is 1.77. The summed E-state index contributed by atoms with van der Waals surface area (Å²) in [6, 6.07) is 7.34. The zero-order chi connectivity index (χ0) is 15.7. The van der Waals surface area contributed by atoms with Crippen molar-refractivity contribution in [1.29, 1.82) is 0 Å². The summed E-state index contributed by atoms with van der Waals surface area (Å²) in [5, 5.41) is 1.15. The molecule has 0 N–H and O–H groups in total. The van der Waals surface area contributed by atoms with Gasteiger partial charge in [-0.1, -0.05) is 55.0 Å². The number of hydrogen-bond acceptors (Lipinski definition) is 3. The topological polar surface area (TPSA) is 35.5 Å². The van der Waals surface area contributed by atoms with Gasteiger partial charge in [-0.05, 0) is 18.6 Å². The first-order valence-corrected chi connectivity index (χ1v) is 9.73. The number of benzene rings is 1. The molecular formula is C17H23O3Si. The molecule has 0 heterocycles. The Labute approximate surface area is 128 Å². The standard InChI is InChI=1S/C17H23O3Si/c1-5-8-9-14-19-20-17(18)15-10-12-16(13-11-15)21(4,6-2)7-3/h6-7,10-13H,1-3,5,8-9,14H2,4H3. The summed E-state index contributed by atoms with van der Waals surface area (Å²) in [6.07, 6.45) is 2.64. The van der Waals surface area contributed by atoms with E-state index >= 15 is 0 Å². The molecule has 0 amide bonds. The first kappa shape index (κ1) is 17.4. The van der Waals surface area contributed by atoms with Gasteiger partial charge < -0.3 is 0 Å². The van der Waals surface area contributed by atoms with Gasteiger partial charge in [-0.2, -0.15) is 4.89 Å². The van der Waals surface area contributed by atoms with Crippen molar-refractivity contribution in [1.82, 2.24) is 0 Å². The van der Waals surface area contributed by atoms with Gasteiger partial charge in [0.2, 0.25) is 0 Å². The lowest BCUT2D eigenvalue weighted by Gasteiger charge is -2.19. The second kappa shape index (κ2) is 8.59. The maximum Gasteiger partial charge on any atom is 0.373 e. The smallest absolute Gasteiger partial charge is 0.293 e. The number of hydrogen-bond donors (Lipinski definition) is 0. The van der Waals surface area contributed by atoms with Crippen molar-refractivity contribution in [3.8, 4) is 0 Å². The van der Waals surface area contributed by atoms with Crippen molar-refractivity contribution in [3.63, 3.8) is 0 Å². The molecule has 0 saturated heterocycles. The van der Waals surface area contributed by atoms with Crippen molar-refractivity contribution in [3.05, 3.63) is 61.3 Å². The van der Waals surface area contributed by atoms with Crippen LogP contribution < -0.4 is 5.19 Å². The van der Waals surface area contributed by atoms with Gasteiger partial charge in [0.1, 0.15) is 8.07 Å². The maximum atomic E-state index is 11.8. The molecule has 0 bridgehead atoms. The van der Waals surface area contributed by atoms with Crippen LogP contribution in [0.5, 0.6) is 0 Å². The number of unbranched alkanes of at least 4 members (excludes halogenated alkanes) is 2. The van der Waals surface area contributed by atoms with Crippen LogP contribution in [0.3, 0.4) is 0 Å². The second-order valence-electron chi connectivity index (χ2n) is 5.02. The highest BCUT2D eigenvalue weighted by molar-refractivity contribution is 6.98. The molecule has 1 radical (unpaired) electrons. The van der Waals surface area contributed by atoms with Crippen molar-refractivity contribution < 1.29 is 14.6 Å². The molecule has 0 aromatic heterocycles. The van der Waals surface area contributed by atoms with Gasteiger partial charge in [0.15, 0.2) is 0 Å². The van der Waals surface area contributed by atoms with Crippen molar-refractivity contribution >= 4 is 19.2 Å². The molecule has 0 fully saturated rings. The Morgan fingerprint density at radius 1 is 1.19 bits per heavy atom. The Bertz CT molecular complexity index is 471. The highest BCUT2D eigenvalue weighted by atomic mass is 28.3. The van der Waals surface area contributed by atoms with Crippen LogP contribution >= 0.6 is 0 Å². The van der Waals surface area contributed by atoms with Crippen molar-refractivity contribution in [2.24, 2.45) is 0 Å². The molecule has 1 rings (SSSR count). The predicted octanol–water partition coefficient (Wildman–Crippen LogP) is 3.52. The first-order chi connectivity index (χ1) is 10.1. The van der Waals surface area contributed by atoms with E-state index in [1.54, 1.807) is 12.1 Å². The number of carbonyl (C=O) groups excluding carboxylic acids is 1. The van der Waals surface area contributed by atoms with Gasteiger partial charge in [-0.25, -0.2) is 4.79 Å². The van der Waals surface area contributed by atoms with Gasteiger partial charge in [0, 0.05) is 0 Å². The van der Waals surface area contributed by atoms with Gasteiger partial charge in [-0.3, -0.25) is 4.89 Å². The van der Waals surface area contributed by atoms with Crippen LogP contribution in [0.1, 0.15) is 29.6 Å². The van der Waals surface area contributed by atoms with Crippen LogP contribution in [0.25, 0.3) is 0 Å². The summed E-state index contributed by atoms with van der Waals surface area (Å²) in [7, 11) is -1.83. The zero-order valence-electron chi connectivity index (χ0n) is 12.6. The van der Waals surface area contributed by atoms with Gasteiger partial charge in [0.05, 0.1) is 12.2 Å². The van der Waals surface area contributed by atoms with E-state index in [0.717, 1.165) is 24.4 Å². The average molecular weight is 303 g/mol. The molecule has 1 aromatic rings. The minimum absolute atomic E-state index is 0.400. The van der Waals surface area contributed by atoms with E-state index < -0.39 is 14.0 Å². The molecular weight excluding hydrogens is 280 g/mol. The largest absolute Gasteiger partial charge is 0.373 e. The molecule has 21 heavy (non-hydrogen) atoms. The maximum absolute atomic E-state index is 11.8. The molecule has 0 spiro atoms. The third-order valence-electron chi connectivity index (χ3n) is 3.45. The van der Waals surface area contributed by atoms with Crippen LogP contribution in [0, 0.1) is 6.92 Å². The lowest BCUT2D eigenvalue weighted by molar-refractivity contribution is -0.241. The summed E-state index contributed by atoms with van der Waals surface area (Å²) in [5.74, 6) is -0.475. The lowest BCUT2D eigenvalue weighted by Crippen LogP contribution is -2.40. The Hall–Kier alpha value is -1.65. The molecule has 0 unspecified atom stereocenters. The first-order valence-electron chi connectivity index (χ1n) is 7.08. The van der Waals surface area contributed by atoms with Crippen molar-refractivity contribution in [2.75, 3.05) is 6.61 Å². The van der Waals surface area contributed by atoms with Gasteiger partial charge in [0.25, 0.3) is 0 Å². The molecule has 0 aliphatic heterocycles. The fourth-order valence-corrected chi connectivity index (χ4v) is 3.29. The van der Waals surface area contributed by atoms with E-state index in [0.29, 0.717) is 12.2 Å². The third-order valence-corrected chi connectivity index (χ3v) is 6.73. The summed E-state index contributed by atoms with van der Waals surface area (Å²) in [5.41, 5.74) is 4.39. The molecule has 113 valence electrons. The Balaban J connectivity index is 2.59. The summed E-state index contributed by atoms with van der Waals surface area (Å²) < 4.78 is 0. The molecule has 0 atom stereocenters. The van der Waals surface area contributed by atoms with Crippen LogP contribution in [0.4, 0.5) is 0 Å². The van der Waals surface area contributed by atoms with Gasteiger partial charge in [-0.15, -0.1) is 13.2 Å². The van der Waals surface area contributed by atoms with E-state index in [4.69, 9.17) is 9.78 Å². The second-order valence-corrected chi connectivity index (χ2v) is 8.98. The SMILES string of the molecule is [CH2]CCCCOOC(=O)c1ccc([Si](C)(C=C)C=C)cc1. The average Bonchev–Trinajstić information content (AvgIpc) is 2.54. The fraction of sp³-hybridized carbons (Fsp3) is 0.294. The minimum Gasteiger partial charge on any atom is -0.293 e. The van der Waals surface area contributed by atoms with Crippen LogP contribution in [0.15, 0.2) is 48.8 Å². The Morgan fingerprint density at radius 3 is 2.33 bits per heavy atom. The van der Waals surface area contributed by atoms with Crippen LogP contribution in [0.2, 0.25) is 6.55 Å². The van der Waals surface area contributed by atoms with Crippen LogP contribution in [-0.4, -0.2) is 20.7 Å². The Kier molecular flexibility index (Phi) is 7.12. The summed E-state index contributed by atoms with van der Waals surface area (Å²) in [4.78, 5) is 21.4. The number of rotatable bonds is 9. The monoisotopic (exact) mass is 303 g/mol. The molecule has 1 aromatic carbocycles. The molecule has 0 aliphatic rings. The minimum atomic E-state index is -1.83. The molecule has 3 nitrogen and oxygen atoms in total. The molecule has 0 saturated carbocycles. The van der Waals surface area contributed by atoms with E-state index in [-0.39, 0.29) is 0 Å². The summed E-state index contributed by atoms with van der Waals surface area (Å²) in [6.45, 7) is 14.0. The quantitative estimate of drug-likeness (QED) is 0.303. The van der Waals surface area contributed by atoms with E-state index in [1.807, 2.05) is 23.5 Å². The van der Waals surface area contributed by atoms with E-state index in [2.05, 4.69) is 26.6 Å². The normalized spacial score (nSPS) is 11.0. The summed E-state index contributed by atoms with van der Waals surface area (Å²) >= 11 is 0. The molecule has 4 heteroatoms. The van der Waals surface area contributed by atoms with Crippen LogP contribution in [-0.2, 0) is 9.78 Å². The highest BCUT2D eigenvalue weighted by Crippen LogP contribution is 2.09. The zero-order valence-corrected chi connectivity index (χ0v) is 13.6. The van der Waals surface area contributed by atoms with Crippen molar-refractivity contribution in [2.45, 2.75) is 25.8 Å². The van der Waals surface area contributed by atoms with E-state index in [1.165, 1.54) is 0 Å². The highest BCUT2D eigenvalue weighted by Gasteiger charge is 2.22. The van der Waals surface area contributed by atoms with Gasteiger partial charge >= 0.3 is 5.97 Å². The lowest BCUT2D eigenvalue weighted by atomic mass is 10.2. The molecule has 0 aliphatic carbocycles. The predicted molar refractivity (Wildman–Crippen MR) is 88.7 cm³/mol. The third kappa shape index (κ3) is 4.99. The Morgan fingerprint density at radius 2 is 1.81 bits per heavy atom. The van der Waals surface area contributed by atoms with E-state index in [9.17, 15) is 4.79 Å².